The van der Waals surface area contributed by atoms with Gasteiger partial charge in [0.25, 0.3) is 5.91 Å². The van der Waals surface area contributed by atoms with Gasteiger partial charge < -0.3 is 10.1 Å². The van der Waals surface area contributed by atoms with Crippen molar-refractivity contribution in [2.24, 2.45) is 0 Å². The van der Waals surface area contributed by atoms with Gasteiger partial charge in [0.2, 0.25) is 10.0 Å². The van der Waals surface area contributed by atoms with E-state index in [1.165, 1.54) is 30.3 Å². The molecule has 0 atom stereocenters. The van der Waals surface area contributed by atoms with Crippen molar-refractivity contribution in [1.29, 1.82) is 0 Å². The molecule has 0 radical (unpaired) electrons. The van der Waals surface area contributed by atoms with Gasteiger partial charge in [-0.1, -0.05) is 23.2 Å². The molecule has 1 amide bonds. The molecule has 0 fully saturated rings. The standard InChI is InChI=1S/C18H20Cl2N2O4S/c1-18(2,3)22-27(24,25)14-7-5-13(6-8-14)26-11-17(23)21-12-4-9-15(19)16(20)10-12/h4-10,22H,11H2,1-3H3,(H,21,23). The largest absolute Gasteiger partial charge is 0.484 e. The van der Waals surface area contributed by atoms with E-state index >= 15 is 0 Å². The van der Waals surface area contributed by atoms with E-state index in [4.69, 9.17) is 27.9 Å². The number of halogens is 2. The highest BCUT2D eigenvalue weighted by atomic mass is 35.5. The van der Waals surface area contributed by atoms with Gasteiger partial charge in [0, 0.05) is 11.2 Å². The summed E-state index contributed by atoms with van der Waals surface area (Å²) in [6.45, 7) is 5.03. The first-order valence-corrected chi connectivity index (χ1v) is 10.2. The lowest BCUT2D eigenvalue weighted by Crippen LogP contribution is -2.40. The van der Waals surface area contributed by atoms with Crippen LogP contribution in [0.25, 0.3) is 0 Å². The topological polar surface area (TPSA) is 84.5 Å². The minimum absolute atomic E-state index is 0.116. The molecule has 0 aliphatic carbocycles. The average molecular weight is 431 g/mol. The molecule has 0 unspecified atom stereocenters. The third kappa shape index (κ3) is 6.70. The summed E-state index contributed by atoms with van der Waals surface area (Å²) in [4.78, 5) is 12.1. The second-order valence-electron chi connectivity index (χ2n) is 6.79. The summed E-state index contributed by atoms with van der Waals surface area (Å²) in [7, 11) is -3.62. The van der Waals surface area contributed by atoms with Crippen LogP contribution in [0.3, 0.4) is 0 Å². The van der Waals surface area contributed by atoms with Crippen molar-refractivity contribution in [3.05, 3.63) is 52.5 Å². The SMILES string of the molecule is CC(C)(C)NS(=O)(=O)c1ccc(OCC(=O)Nc2ccc(Cl)c(Cl)c2)cc1. The van der Waals surface area contributed by atoms with Gasteiger partial charge in [-0.05, 0) is 63.2 Å². The summed E-state index contributed by atoms with van der Waals surface area (Å²) in [6, 6.07) is 10.5. The fourth-order valence-electron chi connectivity index (χ4n) is 2.10. The monoisotopic (exact) mass is 430 g/mol. The van der Waals surface area contributed by atoms with Crippen LogP contribution in [0.5, 0.6) is 5.75 Å². The molecule has 6 nitrogen and oxygen atoms in total. The van der Waals surface area contributed by atoms with Crippen molar-refractivity contribution < 1.29 is 17.9 Å². The van der Waals surface area contributed by atoms with E-state index in [0.29, 0.717) is 21.5 Å². The van der Waals surface area contributed by atoms with Crippen LogP contribution in [0, 0.1) is 0 Å². The maximum Gasteiger partial charge on any atom is 0.262 e. The molecule has 2 rings (SSSR count). The van der Waals surface area contributed by atoms with Gasteiger partial charge in [-0.25, -0.2) is 13.1 Å². The first-order chi connectivity index (χ1) is 12.5. The van der Waals surface area contributed by atoms with E-state index in [-0.39, 0.29) is 17.4 Å². The Hall–Kier alpha value is -1.80. The van der Waals surface area contributed by atoms with Gasteiger partial charge in [-0.15, -0.1) is 0 Å². The molecular weight excluding hydrogens is 411 g/mol. The highest BCUT2D eigenvalue weighted by Crippen LogP contribution is 2.25. The predicted octanol–water partition coefficient (Wildman–Crippen LogP) is 4.09. The Morgan fingerprint density at radius 3 is 2.22 bits per heavy atom. The van der Waals surface area contributed by atoms with Crippen LogP contribution >= 0.6 is 23.2 Å². The fraction of sp³-hybridized carbons (Fsp3) is 0.278. The summed E-state index contributed by atoms with van der Waals surface area (Å²) in [6.07, 6.45) is 0. The lowest BCUT2D eigenvalue weighted by molar-refractivity contribution is -0.118. The summed E-state index contributed by atoms with van der Waals surface area (Å²) in [5, 5.41) is 3.35. The molecule has 0 aromatic heterocycles. The molecule has 27 heavy (non-hydrogen) atoms. The molecule has 2 aromatic rings. The molecule has 0 saturated carbocycles. The van der Waals surface area contributed by atoms with Crippen LogP contribution in [0.15, 0.2) is 47.4 Å². The van der Waals surface area contributed by atoms with Gasteiger partial charge in [-0.3, -0.25) is 4.79 Å². The van der Waals surface area contributed by atoms with Crippen molar-refractivity contribution in [3.8, 4) is 5.75 Å². The number of hydrogen-bond donors (Lipinski definition) is 2. The Balaban J connectivity index is 1.94. The Kier molecular flexibility index (Phi) is 6.75. The minimum atomic E-state index is -3.62. The smallest absolute Gasteiger partial charge is 0.262 e. The Bertz CT molecular complexity index is 923. The number of anilines is 1. The quantitative estimate of drug-likeness (QED) is 0.722. The Morgan fingerprint density at radius 2 is 1.67 bits per heavy atom. The molecule has 0 spiro atoms. The van der Waals surface area contributed by atoms with E-state index in [0.717, 1.165) is 0 Å². The summed E-state index contributed by atoms with van der Waals surface area (Å²) in [5.41, 5.74) is -0.0934. The van der Waals surface area contributed by atoms with Gasteiger partial charge in [0.1, 0.15) is 5.75 Å². The van der Waals surface area contributed by atoms with Crippen LogP contribution in [0.2, 0.25) is 10.0 Å². The Labute approximate surface area is 168 Å². The number of sulfonamides is 1. The van der Waals surface area contributed by atoms with E-state index in [1.807, 2.05) is 0 Å². The number of hydrogen-bond acceptors (Lipinski definition) is 4. The van der Waals surface area contributed by atoms with E-state index in [1.54, 1.807) is 32.9 Å². The van der Waals surface area contributed by atoms with Gasteiger partial charge in [0.05, 0.1) is 14.9 Å². The molecule has 0 aliphatic heterocycles. The van der Waals surface area contributed by atoms with Crippen LogP contribution < -0.4 is 14.8 Å². The van der Waals surface area contributed by atoms with E-state index in [2.05, 4.69) is 10.0 Å². The minimum Gasteiger partial charge on any atom is -0.484 e. The normalized spacial score (nSPS) is 11.9. The highest BCUT2D eigenvalue weighted by molar-refractivity contribution is 7.89. The zero-order valence-electron chi connectivity index (χ0n) is 15.0. The van der Waals surface area contributed by atoms with Crippen molar-refractivity contribution in [1.82, 2.24) is 4.72 Å². The second-order valence-corrected chi connectivity index (χ2v) is 9.29. The highest BCUT2D eigenvalue weighted by Gasteiger charge is 2.21. The van der Waals surface area contributed by atoms with Crippen molar-refractivity contribution in [2.75, 3.05) is 11.9 Å². The average Bonchev–Trinajstić information content (AvgIpc) is 2.55. The maximum absolute atomic E-state index is 12.2. The van der Waals surface area contributed by atoms with E-state index < -0.39 is 15.6 Å². The van der Waals surface area contributed by atoms with Crippen LogP contribution in [0.4, 0.5) is 5.69 Å². The van der Waals surface area contributed by atoms with Crippen LogP contribution in [0.1, 0.15) is 20.8 Å². The third-order valence-corrected chi connectivity index (χ3v) is 5.66. The number of carbonyl (C=O) groups excluding carboxylic acids is 1. The first kappa shape index (κ1) is 21.5. The number of ether oxygens (including phenoxy) is 1. The molecule has 0 saturated heterocycles. The molecule has 0 heterocycles. The number of rotatable bonds is 6. The Morgan fingerprint density at radius 1 is 1.04 bits per heavy atom. The molecule has 9 heteroatoms. The molecule has 0 bridgehead atoms. The number of benzene rings is 2. The lowest BCUT2D eigenvalue weighted by atomic mass is 10.1. The van der Waals surface area contributed by atoms with Crippen molar-refractivity contribution >= 4 is 44.8 Å². The molecular formula is C18H20Cl2N2O4S. The van der Waals surface area contributed by atoms with Gasteiger partial charge in [-0.2, -0.15) is 0 Å². The second kappa shape index (κ2) is 8.48. The fourth-order valence-corrected chi connectivity index (χ4v) is 3.81. The first-order valence-electron chi connectivity index (χ1n) is 7.98. The molecule has 2 aromatic carbocycles. The zero-order valence-corrected chi connectivity index (χ0v) is 17.4. The lowest BCUT2D eigenvalue weighted by Gasteiger charge is -2.20. The van der Waals surface area contributed by atoms with Crippen LogP contribution in [-0.4, -0.2) is 26.5 Å². The molecule has 2 N–H and O–H groups in total. The van der Waals surface area contributed by atoms with Crippen molar-refractivity contribution in [3.63, 3.8) is 0 Å². The third-order valence-electron chi connectivity index (χ3n) is 3.15. The number of carbonyl (C=O) groups is 1. The van der Waals surface area contributed by atoms with Crippen LogP contribution in [-0.2, 0) is 14.8 Å². The summed E-state index contributed by atoms with van der Waals surface area (Å²) < 4.78 is 32.4. The van der Waals surface area contributed by atoms with E-state index in [9.17, 15) is 13.2 Å². The summed E-state index contributed by atoms with van der Waals surface area (Å²) in [5.74, 6) is -0.0199. The number of amides is 1. The molecule has 0 aliphatic rings. The summed E-state index contributed by atoms with van der Waals surface area (Å²) >= 11 is 11.7. The predicted molar refractivity (Wildman–Crippen MR) is 107 cm³/mol. The zero-order chi connectivity index (χ0) is 20.2. The van der Waals surface area contributed by atoms with Gasteiger partial charge in [0.15, 0.2) is 6.61 Å². The molecule has 146 valence electrons. The van der Waals surface area contributed by atoms with Gasteiger partial charge >= 0.3 is 0 Å². The maximum atomic E-state index is 12.2. The number of nitrogens with one attached hydrogen (secondary N) is 2. The van der Waals surface area contributed by atoms with Crippen molar-refractivity contribution in [2.45, 2.75) is 31.2 Å².